The van der Waals surface area contributed by atoms with Crippen LogP contribution in [-0.2, 0) is 4.74 Å². The third-order valence-corrected chi connectivity index (χ3v) is 2.50. The molecule has 5 heteroatoms. The van der Waals surface area contributed by atoms with Crippen LogP contribution in [-0.4, -0.2) is 12.7 Å². The van der Waals surface area contributed by atoms with E-state index in [2.05, 4.69) is 5.32 Å². The molecular formula is C14H16N2O3. The number of ether oxygens (including phenoxy) is 1. The number of nitrogen functional groups attached to an aromatic ring is 1. The highest BCUT2D eigenvalue weighted by Gasteiger charge is 2.11. The van der Waals surface area contributed by atoms with Crippen LogP contribution in [0.15, 0.2) is 41.0 Å². The number of furan rings is 1. The van der Waals surface area contributed by atoms with E-state index in [1.165, 1.54) is 0 Å². The molecule has 0 unspecified atom stereocenters. The average Bonchev–Trinajstić information content (AvgIpc) is 2.92. The highest BCUT2D eigenvalue weighted by molar-refractivity contribution is 5.91. The van der Waals surface area contributed by atoms with E-state index in [1.54, 1.807) is 36.6 Å². The van der Waals surface area contributed by atoms with E-state index >= 15 is 0 Å². The minimum absolute atomic E-state index is 0.386. The smallest absolute Gasteiger partial charge is 0.411 e. The summed E-state index contributed by atoms with van der Waals surface area (Å²) in [7, 11) is 0. The van der Waals surface area contributed by atoms with Gasteiger partial charge in [0.2, 0.25) is 0 Å². The van der Waals surface area contributed by atoms with Crippen LogP contribution >= 0.6 is 0 Å². The summed E-state index contributed by atoms with van der Waals surface area (Å²) in [5.74, 6) is 0.637. The number of hydrogen-bond acceptors (Lipinski definition) is 4. The lowest BCUT2D eigenvalue weighted by molar-refractivity contribution is 0.161. The van der Waals surface area contributed by atoms with Crippen LogP contribution in [0.2, 0.25) is 0 Å². The lowest BCUT2D eigenvalue weighted by Crippen LogP contribution is -2.14. The molecule has 0 spiro atoms. The van der Waals surface area contributed by atoms with Gasteiger partial charge in [0, 0.05) is 11.3 Å². The van der Waals surface area contributed by atoms with Gasteiger partial charge in [-0.1, -0.05) is 6.92 Å². The van der Waals surface area contributed by atoms with Crippen molar-refractivity contribution in [3.05, 3.63) is 36.6 Å². The minimum Gasteiger partial charge on any atom is -0.464 e. The number of nitrogens with two attached hydrogens (primary N) is 1. The Morgan fingerprint density at radius 1 is 1.42 bits per heavy atom. The zero-order valence-corrected chi connectivity index (χ0v) is 10.7. The number of carbonyl (C=O) groups is 1. The number of nitrogens with one attached hydrogen (secondary N) is 1. The van der Waals surface area contributed by atoms with Crippen molar-refractivity contribution in [1.82, 2.24) is 0 Å². The standard InChI is InChI=1S/C14H16N2O3/c1-2-7-19-14(17)16-12-6-5-10(15)9-11(12)13-4-3-8-18-13/h3-6,8-9H,2,7,15H2,1H3,(H,16,17). The largest absolute Gasteiger partial charge is 0.464 e. The quantitative estimate of drug-likeness (QED) is 0.825. The number of anilines is 2. The summed E-state index contributed by atoms with van der Waals surface area (Å²) in [6, 6.07) is 8.76. The third-order valence-electron chi connectivity index (χ3n) is 2.50. The Hall–Kier alpha value is -2.43. The maximum Gasteiger partial charge on any atom is 0.411 e. The third kappa shape index (κ3) is 3.28. The molecule has 0 atom stereocenters. The second-order valence-corrected chi connectivity index (χ2v) is 4.04. The molecule has 2 rings (SSSR count). The van der Waals surface area contributed by atoms with E-state index in [9.17, 15) is 4.79 Å². The highest BCUT2D eigenvalue weighted by atomic mass is 16.5. The number of amides is 1. The van der Waals surface area contributed by atoms with Crippen molar-refractivity contribution >= 4 is 17.5 Å². The zero-order chi connectivity index (χ0) is 13.7. The maximum atomic E-state index is 11.6. The fourth-order valence-corrected chi connectivity index (χ4v) is 1.65. The van der Waals surface area contributed by atoms with Crippen molar-refractivity contribution in [2.24, 2.45) is 0 Å². The van der Waals surface area contributed by atoms with Crippen LogP contribution in [0, 0.1) is 0 Å². The molecule has 5 nitrogen and oxygen atoms in total. The molecule has 0 radical (unpaired) electrons. The van der Waals surface area contributed by atoms with E-state index in [-0.39, 0.29) is 0 Å². The molecule has 0 fully saturated rings. The second kappa shape index (κ2) is 5.95. The summed E-state index contributed by atoms with van der Waals surface area (Å²) in [6.07, 6.45) is 1.86. The molecule has 1 aromatic carbocycles. The average molecular weight is 260 g/mol. The summed E-state index contributed by atoms with van der Waals surface area (Å²) >= 11 is 0. The molecule has 0 aliphatic heterocycles. The molecule has 100 valence electrons. The van der Waals surface area contributed by atoms with Crippen molar-refractivity contribution in [2.45, 2.75) is 13.3 Å². The number of hydrogen-bond donors (Lipinski definition) is 2. The van der Waals surface area contributed by atoms with Gasteiger partial charge in [-0.2, -0.15) is 0 Å². The second-order valence-electron chi connectivity index (χ2n) is 4.04. The van der Waals surface area contributed by atoms with Crippen LogP contribution in [0.25, 0.3) is 11.3 Å². The molecule has 0 bridgehead atoms. The maximum absolute atomic E-state index is 11.6. The first-order chi connectivity index (χ1) is 9.20. The van der Waals surface area contributed by atoms with Crippen LogP contribution in [0.4, 0.5) is 16.2 Å². The van der Waals surface area contributed by atoms with E-state index < -0.39 is 6.09 Å². The Bertz CT molecular complexity index is 550. The summed E-state index contributed by atoms with van der Waals surface area (Å²) < 4.78 is 10.3. The zero-order valence-electron chi connectivity index (χ0n) is 10.7. The molecule has 1 aromatic heterocycles. The van der Waals surface area contributed by atoms with E-state index in [1.807, 2.05) is 6.92 Å². The molecule has 0 saturated carbocycles. The van der Waals surface area contributed by atoms with Gasteiger partial charge in [0.15, 0.2) is 0 Å². The molecule has 2 aromatic rings. The van der Waals surface area contributed by atoms with Crippen molar-refractivity contribution in [2.75, 3.05) is 17.7 Å². The Morgan fingerprint density at radius 3 is 2.95 bits per heavy atom. The van der Waals surface area contributed by atoms with Crippen molar-refractivity contribution in [3.8, 4) is 11.3 Å². The van der Waals surface area contributed by atoms with Gasteiger partial charge in [-0.25, -0.2) is 4.79 Å². The molecule has 19 heavy (non-hydrogen) atoms. The fourth-order valence-electron chi connectivity index (χ4n) is 1.65. The van der Waals surface area contributed by atoms with Crippen molar-refractivity contribution in [1.29, 1.82) is 0 Å². The Labute approximate surface area is 111 Å². The number of carbonyl (C=O) groups excluding carboxylic acids is 1. The SMILES string of the molecule is CCCOC(=O)Nc1ccc(N)cc1-c1ccco1. The summed E-state index contributed by atoms with van der Waals surface area (Å²) in [4.78, 5) is 11.6. The normalized spacial score (nSPS) is 10.2. The molecule has 1 heterocycles. The van der Waals surface area contributed by atoms with Gasteiger partial charge in [0.25, 0.3) is 0 Å². The fraction of sp³-hybridized carbons (Fsp3) is 0.214. The lowest BCUT2D eigenvalue weighted by Gasteiger charge is -2.10. The number of rotatable bonds is 4. The van der Waals surface area contributed by atoms with Gasteiger partial charge in [0.1, 0.15) is 5.76 Å². The van der Waals surface area contributed by atoms with Crippen LogP contribution in [0.5, 0.6) is 0 Å². The predicted molar refractivity (Wildman–Crippen MR) is 73.8 cm³/mol. The first kappa shape index (κ1) is 13.0. The molecular weight excluding hydrogens is 244 g/mol. The predicted octanol–water partition coefficient (Wildman–Crippen LogP) is 3.49. The van der Waals surface area contributed by atoms with Gasteiger partial charge >= 0.3 is 6.09 Å². The summed E-state index contributed by atoms with van der Waals surface area (Å²) in [5.41, 5.74) is 7.68. The van der Waals surface area contributed by atoms with Gasteiger partial charge in [-0.05, 0) is 36.8 Å². The molecule has 3 N–H and O–H groups in total. The monoisotopic (exact) mass is 260 g/mol. The van der Waals surface area contributed by atoms with Crippen LogP contribution in [0.3, 0.4) is 0 Å². The van der Waals surface area contributed by atoms with E-state index in [0.717, 1.165) is 12.0 Å². The number of benzene rings is 1. The first-order valence-corrected chi connectivity index (χ1v) is 6.08. The summed E-state index contributed by atoms with van der Waals surface area (Å²) in [5, 5.41) is 2.68. The molecule has 0 saturated heterocycles. The molecule has 0 aliphatic rings. The van der Waals surface area contributed by atoms with Crippen LogP contribution in [0.1, 0.15) is 13.3 Å². The van der Waals surface area contributed by atoms with Gasteiger partial charge in [-0.3, -0.25) is 5.32 Å². The Morgan fingerprint density at radius 2 is 2.26 bits per heavy atom. The Kier molecular flexibility index (Phi) is 4.07. The molecule has 1 amide bonds. The lowest BCUT2D eigenvalue weighted by atomic mass is 10.1. The van der Waals surface area contributed by atoms with Crippen LogP contribution < -0.4 is 11.1 Å². The minimum atomic E-state index is -0.487. The highest BCUT2D eigenvalue weighted by Crippen LogP contribution is 2.30. The first-order valence-electron chi connectivity index (χ1n) is 6.08. The van der Waals surface area contributed by atoms with Gasteiger partial charge in [0.05, 0.1) is 18.6 Å². The van der Waals surface area contributed by atoms with Crippen molar-refractivity contribution < 1.29 is 13.9 Å². The van der Waals surface area contributed by atoms with Gasteiger partial charge < -0.3 is 14.9 Å². The van der Waals surface area contributed by atoms with E-state index in [0.29, 0.717) is 23.7 Å². The molecule has 0 aliphatic carbocycles. The van der Waals surface area contributed by atoms with Gasteiger partial charge in [-0.15, -0.1) is 0 Å². The summed E-state index contributed by atoms with van der Waals surface area (Å²) in [6.45, 7) is 2.32. The van der Waals surface area contributed by atoms with Crippen molar-refractivity contribution in [3.63, 3.8) is 0 Å². The Balaban J connectivity index is 2.23. The van der Waals surface area contributed by atoms with E-state index in [4.69, 9.17) is 14.9 Å². The topological polar surface area (TPSA) is 77.5 Å².